The van der Waals surface area contributed by atoms with Gasteiger partial charge in [-0.05, 0) is 68.6 Å². The molecular formula is C17H26ClNO. The van der Waals surface area contributed by atoms with Crippen molar-refractivity contribution in [1.82, 2.24) is 4.90 Å². The quantitative estimate of drug-likeness (QED) is 0.676. The molecule has 4 saturated carbocycles. The summed E-state index contributed by atoms with van der Waals surface area (Å²) in [6.45, 7) is 3.93. The molecule has 1 saturated heterocycles. The number of amides is 1. The average molecular weight is 296 g/mol. The predicted octanol–water partition coefficient (Wildman–Crippen LogP) is 3.68. The summed E-state index contributed by atoms with van der Waals surface area (Å²) in [6, 6.07) is 0. The highest BCUT2D eigenvalue weighted by atomic mass is 35.5. The van der Waals surface area contributed by atoms with E-state index in [0.29, 0.717) is 11.8 Å². The number of piperidine rings is 1. The smallest absolute Gasteiger partial charge is 0.228 e. The lowest BCUT2D eigenvalue weighted by Gasteiger charge is -2.57. The Morgan fingerprint density at radius 3 is 2.15 bits per heavy atom. The first-order chi connectivity index (χ1) is 9.56. The van der Waals surface area contributed by atoms with Gasteiger partial charge in [0, 0.05) is 13.1 Å². The Kier molecular flexibility index (Phi) is 3.11. The normalized spacial score (nSPS) is 50.5. The van der Waals surface area contributed by atoms with Crippen molar-refractivity contribution in [3.8, 4) is 0 Å². The van der Waals surface area contributed by atoms with Crippen molar-refractivity contribution in [3.05, 3.63) is 0 Å². The number of rotatable bonds is 1. The second kappa shape index (κ2) is 4.63. The standard InChI is InChI=1S/C17H26ClNO/c1-11-2-3-19(10-15(11)18)16(20)17-7-12-4-13(8-17)6-14(5-12)9-17/h11-15H,2-10H2,1H3. The van der Waals surface area contributed by atoms with Crippen molar-refractivity contribution in [1.29, 1.82) is 0 Å². The van der Waals surface area contributed by atoms with Crippen molar-refractivity contribution in [3.63, 3.8) is 0 Å². The number of alkyl halides is 1. The zero-order chi connectivity index (χ0) is 13.9. The van der Waals surface area contributed by atoms with Gasteiger partial charge in [-0.2, -0.15) is 0 Å². The van der Waals surface area contributed by atoms with Crippen LogP contribution in [-0.2, 0) is 4.79 Å². The minimum Gasteiger partial charge on any atom is -0.341 e. The molecular weight excluding hydrogens is 270 g/mol. The second-order valence-electron chi connectivity index (χ2n) is 8.23. The Labute approximate surface area is 127 Å². The fourth-order valence-electron chi connectivity index (χ4n) is 5.91. The Morgan fingerprint density at radius 2 is 1.65 bits per heavy atom. The Morgan fingerprint density at radius 1 is 1.10 bits per heavy atom. The zero-order valence-electron chi connectivity index (χ0n) is 12.5. The van der Waals surface area contributed by atoms with E-state index in [1.807, 2.05) is 0 Å². The minimum absolute atomic E-state index is 0.0198. The molecule has 0 aromatic carbocycles. The average Bonchev–Trinajstić information content (AvgIpc) is 2.39. The number of nitrogens with zero attached hydrogens (tertiary/aromatic N) is 1. The van der Waals surface area contributed by atoms with Crippen molar-refractivity contribution in [2.75, 3.05) is 13.1 Å². The summed E-state index contributed by atoms with van der Waals surface area (Å²) in [6.07, 6.45) is 8.82. The van der Waals surface area contributed by atoms with Gasteiger partial charge in [0.25, 0.3) is 0 Å². The SMILES string of the molecule is CC1CCN(C(=O)C23CC4CC(CC(C4)C2)C3)CC1Cl. The largest absolute Gasteiger partial charge is 0.341 e. The third-order valence-electron chi connectivity index (χ3n) is 6.65. The molecule has 1 heterocycles. The molecule has 5 rings (SSSR count). The van der Waals surface area contributed by atoms with Crippen molar-refractivity contribution in [2.45, 2.75) is 57.2 Å². The van der Waals surface area contributed by atoms with Crippen LogP contribution >= 0.6 is 11.6 Å². The molecule has 0 radical (unpaired) electrons. The summed E-state index contributed by atoms with van der Waals surface area (Å²) in [5, 5.41) is 0.154. The lowest BCUT2D eigenvalue weighted by atomic mass is 9.49. The number of carbonyl (C=O) groups excluding carboxylic acids is 1. The number of halogens is 1. The van der Waals surface area contributed by atoms with E-state index < -0.39 is 0 Å². The van der Waals surface area contributed by atoms with Crippen LogP contribution < -0.4 is 0 Å². The van der Waals surface area contributed by atoms with Gasteiger partial charge < -0.3 is 4.90 Å². The van der Waals surface area contributed by atoms with Crippen LogP contribution in [0.2, 0.25) is 0 Å². The molecule has 2 nitrogen and oxygen atoms in total. The van der Waals surface area contributed by atoms with E-state index in [4.69, 9.17) is 11.6 Å². The second-order valence-corrected chi connectivity index (χ2v) is 8.79. The summed E-state index contributed by atoms with van der Waals surface area (Å²) >= 11 is 6.42. The van der Waals surface area contributed by atoms with E-state index >= 15 is 0 Å². The molecule has 4 aliphatic carbocycles. The molecule has 2 atom stereocenters. The maximum absolute atomic E-state index is 13.2. The van der Waals surface area contributed by atoms with Crippen molar-refractivity contribution < 1.29 is 4.79 Å². The molecule has 0 spiro atoms. The summed E-state index contributed by atoms with van der Waals surface area (Å²) in [4.78, 5) is 15.3. The van der Waals surface area contributed by atoms with E-state index in [1.165, 1.54) is 38.5 Å². The molecule has 0 aromatic rings. The van der Waals surface area contributed by atoms with Crippen LogP contribution in [-0.4, -0.2) is 29.3 Å². The van der Waals surface area contributed by atoms with E-state index in [9.17, 15) is 4.79 Å². The van der Waals surface area contributed by atoms with Gasteiger partial charge in [-0.25, -0.2) is 0 Å². The van der Waals surface area contributed by atoms with Gasteiger partial charge in [0.1, 0.15) is 0 Å². The number of carbonyl (C=O) groups is 1. The molecule has 0 aromatic heterocycles. The van der Waals surface area contributed by atoms with E-state index in [0.717, 1.165) is 37.3 Å². The highest BCUT2D eigenvalue weighted by Gasteiger charge is 2.55. The van der Waals surface area contributed by atoms with Crippen molar-refractivity contribution >= 4 is 17.5 Å². The van der Waals surface area contributed by atoms with Gasteiger partial charge in [-0.15, -0.1) is 11.6 Å². The molecule has 0 N–H and O–H groups in total. The lowest BCUT2D eigenvalue weighted by Crippen LogP contribution is -2.56. The molecule has 1 aliphatic heterocycles. The number of likely N-dealkylation sites (tertiary alicyclic amines) is 1. The highest BCUT2D eigenvalue weighted by molar-refractivity contribution is 6.21. The predicted molar refractivity (Wildman–Crippen MR) is 80.6 cm³/mol. The molecule has 5 fully saturated rings. The fourth-order valence-corrected chi connectivity index (χ4v) is 6.21. The first kappa shape index (κ1) is 13.4. The highest BCUT2D eigenvalue weighted by Crippen LogP contribution is 2.60. The molecule has 20 heavy (non-hydrogen) atoms. The van der Waals surface area contributed by atoms with Gasteiger partial charge in [0.2, 0.25) is 5.91 Å². The van der Waals surface area contributed by atoms with Gasteiger partial charge in [0.15, 0.2) is 0 Å². The molecule has 1 amide bonds. The van der Waals surface area contributed by atoms with E-state index in [-0.39, 0.29) is 10.8 Å². The minimum atomic E-state index is 0.0198. The molecule has 3 heteroatoms. The summed E-state index contributed by atoms with van der Waals surface area (Å²) in [5.41, 5.74) is 0.0198. The van der Waals surface area contributed by atoms with Crippen LogP contribution in [0.1, 0.15) is 51.9 Å². The summed E-state index contributed by atoms with van der Waals surface area (Å²) in [7, 11) is 0. The van der Waals surface area contributed by atoms with Crippen LogP contribution in [0.4, 0.5) is 0 Å². The summed E-state index contributed by atoms with van der Waals surface area (Å²) in [5.74, 6) is 3.56. The third kappa shape index (κ3) is 2.01. The third-order valence-corrected chi connectivity index (χ3v) is 7.21. The monoisotopic (exact) mass is 295 g/mol. The maximum atomic E-state index is 13.2. The first-order valence-electron chi connectivity index (χ1n) is 8.49. The molecule has 4 bridgehead atoms. The number of hydrogen-bond acceptors (Lipinski definition) is 1. The maximum Gasteiger partial charge on any atom is 0.228 e. The van der Waals surface area contributed by atoms with Crippen molar-refractivity contribution in [2.24, 2.45) is 29.1 Å². The van der Waals surface area contributed by atoms with Crippen LogP contribution in [0.15, 0.2) is 0 Å². The Hall–Kier alpha value is -0.240. The number of hydrogen-bond donors (Lipinski definition) is 0. The summed E-state index contributed by atoms with van der Waals surface area (Å²) < 4.78 is 0. The topological polar surface area (TPSA) is 20.3 Å². The van der Waals surface area contributed by atoms with E-state index in [2.05, 4.69) is 11.8 Å². The van der Waals surface area contributed by atoms with Crippen LogP contribution in [0, 0.1) is 29.1 Å². The van der Waals surface area contributed by atoms with Gasteiger partial charge in [-0.1, -0.05) is 6.92 Å². The first-order valence-corrected chi connectivity index (χ1v) is 8.93. The van der Waals surface area contributed by atoms with Crippen LogP contribution in [0.5, 0.6) is 0 Å². The van der Waals surface area contributed by atoms with Crippen LogP contribution in [0.3, 0.4) is 0 Å². The molecule has 2 unspecified atom stereocenters. The fraction of sp³-hybridized carbons (Fsp3) is 0.941. The lowest BCUT2D eigenvalue weighted by molar-refractivity contribution is -0.158. The Balaban J connectivity index is 1.53. The zero-order valence-corrected chi connectivity index (χ0v) is 13.2. The molecule has 112 valence electrons. The molecule has 5 aliphatic rings. The van der Waals surface area contributed by atoms with Gasteiger partial charge in [-0.3, -0.25) is 4.79 Å². The Bertz CT molecular complexity index is 386. The van der Waals surface area contributed by atoms with Crippen LogP contribution in [0.25, 0.3) is 0 Å². The van der Waals surface area contributed by atoms with E-state index in [1.54, 1.807) is 0 Å². The van der Waals surface area contributed by atoms with Gasteiger partial charge in [0.05, 0.1) is 10.8 Å². The van der Waals surface area contributed by atoms with Gasteiger partial charge >= 0.3 is 0 Å².